The van der Waals surface area contributed by atoms with Gasteiger partial charge in [0.05, 0.1) is 18.7 Å². The number of aliphatic hydroxyl groups excluding tert-OH is 1. The molecule has 0 saturated heterocycles. The molecule has 0 aromatic carbocycles. The summed E-state index contributed by atoms with van der Waals surface area (Å²) in [6.45, 7) is 4.23. The molecule has 120 valence electrons. The number of aryl methyl sites for hydroxylation is 1. The van der Waals surface area contributed by atoms with E-state index in [0.29, 0.717) is 23.5 Å². The van der Waals surface area contributed by atoms with E-state index >= 15 is 0 Å². The summed E-state index contributed by atoms with van der Waals surface area (Å²) in [5.74, 6) is -0.232. The topological polar surface area (TPSA) is 58.4 Å². The van der Waals surface area contributed by atoms with E-state index in [-0.39, 0.29) is 25.5 Å². The van der Waals surface area contributed by atoms with E-state index in [1.807, 2.05) is 0 Å². The van der Waals surface area contributed by atoms with Crippen molar-refractivity contribution in [2.45, 2.75) is 39.9 Å². The molecule has 1 aromatic rings. The largest absolute Gasteiger partial charge is 0.408 e. The zero-order chi connectivity index (χ0) is 16.2. The Balaban J connectivity index is 2.91. The second-order valence-electron chi connectivity index (χ2n) is 4.80. The van der Waals surface area contributed by atoms with Crippen molar-refractivity contribution in [3.63, 3.8) is 0 Å². The minimum atomic E-state index is -4.35. The number of halogens is 3. The van der Waals surface area contributed by atoms with Crippen LogP contribution in [0.5, 0.6) is 0 Å². The van der Waals surface area contributed by atoms with Crippen LogP contribution in [0.1, 0.15) is 23.9 Å². The molecule has 5 nitrogen and oxygen atoms in total. The predicted octanol–water partition coefficient (Wildman–Crippen LogP) is 1.45. The second-order valence-corrected chi connectivity index (χ2v) is 4.80. The number of hydrogen-bond acceptors (Lipinski definition) is 3. The number of carbonyl (C=O) groups is 1. The molecule has 0 fully saturated rings. The standard InChI is InChI=1S/C13H20F3N3O2/c1-4-18(5-6-20)12(21)7-11-9(2)17-19(10(11)3)8-13(14,15)16/h20H,4-8H2,1-3H3. The van der Waals surface area contributed by atoms with Crippen molar-refractivity contribution in [1.82, 2.24) is 14.7 Å². The van der Waals surface area contributed by atoms with Crippen LogP contribution in [0.3, 0.4) is 0 Å². The predicted molar refractivity (Wildman–Crippen MR) is 70.8 cm³/mol. The maximum atomic E-state index is 12.4. The maximum Gasteiger partial charge on any atom is 0.408 e. The van der Waals surface area contributed by atoms with Crippen LogP contribution in [0.25, 0.3) is 0 Å². The number of aromatic nitrogens is 2. The van der Waals surface area contributed by atoms with Gasteiger partial charge in [0.1, 0.15) is 6.54 Å². The molecule has 0 atom stereocenters. The lowest BCUT2D eigenvalue weighted by Gasteiger charge is -2.19. The number of likely N-dealkylation sites (N-methyl/N-ethyl adjacent to an activating group) is 1. The van der Waals surface area contributed by atoms with Crippen molar-refractivity contribution < 1.29 is 23.1 Å². The van der Waals surface area contributed by atoms with Gasteiger partial charge in [0.25, 0.3) is 0 Å². The Kier molecular flexibility index (Phi) is 5.77. The van der Waals surface area contributed by atoms with Gasteiger partial charge < -0.3 is 10.0 Å². The Morgan fingerprint density at radius 3 is 2.48 bits per heavy atom. The van der Waals surface area contributed by atoms with Crippen molar-refractivity contribution in [3.05, 3.63) is 17.0 Å². The van der Waals surface area contributed by atoms with E-state index in [9.17, 15) is 18.0 Å². The normalized spacial score (nSPS) is 11.8. The molecule has 1 heterocycles. The van der Waals surface area contributed by atoms with Crippen molar-refractivity contribution in [2.24, 2.45) is 0 Å². The molecule has 8 heteroatoms. The highest BCUT2D eigenvalue weighted by molar-refractivity contribution is 5.79. The number of nitrogens with zero attached hydrogens (tertiary/aromatic N) is 3. The van der Waals surface area contributed by atoms with Gasteiger partial charge in [0, 0.05) is 24.3 Å². The first-order chi connectivity index (χ1) is 9.69. The number of aliphatic hydroxyl groups is 1. The Hall–Kier alpha value is -1.57. The molecule has 21 heavy (non-hydrogen) atoms. The van der Waals surface area contributed by atoms with Crippen molar-refractivity contribution in [2.75, 3.05) is 19.7 Å². The molecule has 1 rings (SSSR count). The molecule has 0 aliphatic rings. The van der Waals surface area contributed by atoms with E-state index in [1.165, 1.54) is 11.8 Å². The first-order valence-corrected chi connectivity index (χ1v) is 6.67. The van der Waals surface area contributed by atoms with Gasteiger partial charge in [0.15, 0.2) is 0 Å². The van der Waals surface area contributed by atoms with Gasteiger partial charge in [-0.25, -0.2) is 0 Å². The van der Waals surface area contributed by atoms with Crippen LogP contribution in [-0.2, 0) is 17.8 Å². The lowest BCUT2D eigenvalue weighted by Crippen LogP contribution is -2.34. The number of carbonyl (C=O) groups excluding carboxylic acids is 1. The van der Waals surface area contributed by atoms with Gasteiger partial charge in [-0.3, -0.25) is 9.48 Å². The third-order valence-electron chi connectivity index (χ3n) is 3.29. The third-order valence-corrected chi connectivity index (χ3v) is 3.29. The summed E-state index contributed by atoms with van der Waals surface area (Å²) >= 11 is 0. The van der Waals surface area contributed by atoms with Gasteiger partial charge >= 0.3 is 6.18 Å². The van der Waals surface area contributed by atoms with E-state index < -0.39 is 12.7 Å². The quantitative estimate of drug-likeness (QED) is 0.865. The summed E-state index contributed by atoms with van der Waals surface area (Å²) in [6, 6.07) is 0. The van der Waals surface area contributed by atoms with Crippen LogP contribution in [-0.4, -0.2) is 51.6 Å². The van der Waals surface area contributed by atoms with Crippen molar-refractivity contribution >= 4 is 5.91 Å². The highest BCUT2D eigenvalue weighted by Crippen LogP contribution is 2.21. The van der Waals surface area contributed by atoms with Gasteiger partial charge in [-0.2, -0.15) is 18.3 Å². The first-order valence-electron chi connectivity index (χ1n) is 6.67. The Morgan fingerprint density at radius 1 is 1.38 bits per heavy atom. The number of hydrogen-bond donors (Lipinski definition) is 1. The van der Waals surface area contributed by atoms with Gasteiger partial charge in [-0.05, 0) is 20.8 Å². The van der Waals surface area contributed by atoms with Crippen LogP contribution in [0, 0.1) is 13.8 Å². The Morgan fingerprint density at radius 2 is 2.00 bits per heavy atom. The zero-order valence-electron chi connectivity index (χ0n) is 12.4. The highest BCUT2D eigenvalue weighted by Gasteiger charge is 2.30. The molecule has 0 unspecified atom stereocenters. The minimum absolute atomic E-state index is 0.0106. The monoisotopic (exact) mass is 307 g/mol. The third kappa shape index (κ3) is 4.73. The molecule has 0 spiro atoms. The SMILES string of the molecule is CCN(CCO)C(=O)Cc1c(C)nn(CC(F)(F)F)c1C. The smallest absolute Gasteiger partial charge is 0.395 e. The zero-order valence-corrected chi connectivity index (χ0v) is 12.4. The van der Waals surface area contributed by atoms with Crippen LogP contribution in [0.4, 0.5) is 13.2 Å². The highest BCUT2D eigenvalue weighted by atomic mass is 19.4. The Labute approximate surface area is 121 Å². The average Bonchev–Trinajstić information content (AvgIpc) is 2.61. The van der Waals surface area contributed by atoms with Crippen LogP contribution >= 0.6 is 0 Å². The first kappa shape index (κ1) is 17.5. The van der Waals surface area contributed by atoms with E-state index in [4.69, 9.17) is 5.11 Å². The number of rotatable bonds is 6. The summed E-state index contributed by atoms with van der Waals surface area (Å²) in [5, 5.41) is 12.7. The maximum absolute atomic E-state index is 12.4. The van der Waals surface area contributed by atoms with Gasteiger partial charge in [-0.15, -0.1) is 0 Å². The fourth-order valence-electron chi connectivity index (χ4n) is 2.16. The van der Waals surface area contributed by atoms with Crippen LogP contribution < -0.4 is 0 Å². The van der Waals surface area contributed by atoms with Crippen LogP contribution in [0.15, 0.2) is 0 Å². The summed E-state index contributed by atoms with van der Waals surface area (Å²) in [7, 11) is 0. The number of alkyl halides is 3. The van der Waals surface area contributed by atoms with E-state index in [2.05, 4.69) is 5.10 Å². The van der Waals surface area contributed by atoms with Crippen molar-refractivity contribution in [3.8, 4) is 0 Å². The molecular weight excluding hydrogens is 287 g/mol. The molecule has 1 N–H and O–H groups in total. The second kappa shape index (κ2) is 6.93. The van der Waals surface area contributed by atoms with Gasteiger partial charge in [-0.1, -0.05) is 0 Å². The molecule has 1 aromatic heterocycles. The molecule has 0 radical (unpaired) electrons. The molecule has 0 saturated carbocycles. The average molecular weight is 307 g/mol. The lowest BCUT2D eigenvalue weighted by molar-refractivity contribution is -0.143. The van der Waals surface area contributed by atoms with Crippen molar-refractivity contribution in [1.29, 1.82) is 0 Å². The fraction of sp³-hybridized carbons (Fsp3) is 0.692. The lowest BCUT2D eigenvalue weighted by atomic mass is 10.1. The summed E-state index contributed by atoms with van der Waals surface area (Å²) in [5.41, 5.74) is 1.28. The van der Waals surface area contributed by atoms with Gasteiger partial charge in [0.2, 0.25) is 5.91 Å². The van der Waals surface area contributed by atoms with E-state index in [1.54, 1.807) is 13.8 Å². The molecule has 0 aliphatic heterocycles. The molecule has 0 aliphatic carbocycles. The summed E-state index contributed by atoms with van der Waals surface area (Å²) < 4.78 is 38.2. The number of amides is 1. The fourth-order valence-corrected chi connectivity index (χ4v) is 2.16. The Bertz CT molecular complexity index is 498. The van der Waals surface area contributed by atoms with Crippen LogP contribution in [0.2, 0.25) is 0 Å². The summed E-state index contributed by atoms with van der Waals surface area (Å²) in [4.78, 5) is 13.5. The molecule has 0 bridgehead atoms. The summed E-state index contributed by atoms with van der Waals surface area (Å²) in [6.07, 6.45) is -4.36. The molecule has 1 amide bonds. The minimum Gasteiger partial charge on any atom is -0.395 e. The van der Waals surface area contributed by atoms with E-state index in [0.717, 1.165) is 4.68 Å². The molecular formula is C13H20F3N3O2.